The van der Waals surface area contributed by atoms with E-state index in [-0.39, 0.29) is 12.6 Å². The average molecular weight is 194 g/mol. The van der Waals surface area contributed by atoms with Crippen LogP contribution in [0.25, 0.3) is 0 Å². The van der Waals surface area contributed by atoms with E-state index < -0.39 is 0 Å². The molecule has 1 N–H and O–H groups in total. The van der Waals surface area contributed by atoms with Crippen molar-refractivity contribution in [2.24, 2.45) is 0 Å². The third-order valence-electron chi connectivity index (χ3n) is 2.37. The molecule has 0 fully saturated rings. The van der Waals surface area contributed by atoms with Crippen LogP contribution in [0.4, 0.5) is 0 Å². The van der Waals surface area contributed by atoms with Crippen molar-refractivity contribution in [2.45, 2.75) is 26.4 Å². The van der Waals surface area contributed by atoms with Crippen molar-refractivity contribution in [3.05, 3.63) is 29.6 Å². The summed E-state index contributed by atoms with van der Waals surface area (Å²) in [4.78, 5) is 6.49. The van der Waals surface area contributed by atoms with Gasteiger partial charge >= 0.3 is 0 Å². The quantitative estimate of drug-likeness (QED) is 0.782. The second-order valence-corrected chi connectivity index (χ2v) is 3.72. The topological polar surface area (TPSA) is 36.4 Å². The molecule has 1 heterocycles. The van der Waals surface area contributed by atoms with E-state index in [1.807, 2.05) is 39.1 Å². The Morgan fingerprint density at radius 1 is 1.50 bits per heavy atom. The fourth-order valence-corrected chi connectivity index (χ4v) is 1.24. The normalized spacial score (nSPS) is 13.2. The fraction of sp³-hybridized carbons (Fsp3) is 0.545. The van der Waals surface area contributed by atoms with Gasteiger partial charge in [0.2, 0.25) is 0 Å². The monoisotopic (exact) mass is 194 g/mol. The molecular formula is C11H18N2O. The summed E-state index contributed by atoms with van der Waals surface area (Å²) in [5.41, 5.74) is 2.08. The van der Waals surface area contributed by atoms with Gasteiger partial charge in [0.25, 0.3) is 0 Å². The highest BCUT2D eigenvalue weighted by atomic mass is 16.3. The van der Waals surface area contributed by atoms with Crippen LogP contribution in [-0.4, -0.2) is 34.7 Å². The lowest BCUT2D eigenvalue weighted by Crippen LogP contribution is -2.31. The van der Waals surface area contributed by atoms with Crippen LogP contribution < -0.4 is 0 Å². The summed E-state index contributed by atoms with van der Waals surface area (Å²) in [6, 6.07) is 6.18. The first kappa shape index (κ1) is 11.1. The number of nitrogens with zero attached hydrogens (tertiary/aromatic N) is 2. The largest absolute Gasteiger partial charge is 0.395 e. The molecule has 0 saturated heterocycles. The smallest absolute Gasteiger partial charge is 0.0584 e. The molecule has 0 aromatic carbocycles. The lowest BCUT2D eigenvalue weighted by Gasteiger charge is -2.22. The molecular weight excluding hydrogens is 176 g/mol. The predicted molar refractivity (Wildman–Crippen MR) is 57.0 cm³/mol. The Bertz CT molecular complexity index is 288. The van der Waals surface area contributed by atoms with E-state index in [0.717, 1.165) is 17.9 Å². The lowest BCUT2D eigenvalue weighted by molar-refractivity contribution is 0.153. The molecule has 0 aliphatic rings. The second kappa shape index (κ2) is 5.08. The summed E-state index contributed by atoms with van der Waals surface area (Å²) in [6.07, 6.45) is 0. The molecule has 0 radical (unpaired) electrons. The molecule has 3 nitrogen and oxygen atoms in total. The molecule has 0 aliphatic heterocycles. The third-order valence-corrected chi connectivity index (χ3v) is 2.37. The summed E-state index contributed by atoms with van der Waals surface area (Å²) >= 11 is 0. The van der Waals surface area contributed by atoms with E-state index >= 15 is 0 Å². The summed E-state index contributed by atoms with van der Waals surface area (Å²) in [7, 11) is 1.99. The van der Waals surface area contributed by atoms with Crippen molar-refractivity contribution < 1.29 is 5.11 Å². The van der Waals surface area contributed by atoms with E-state index in [1.165, 1.54) is 0 Å². The van der Waals surface area contributed by atoms with Gasteiger partial charge in [0.15, 0.2) is 0 Å². The minimum atomic E-state index is 0.178. The highest BCUT2D eigenvalue weighted by Crippen LogP contribution is 2.04. The number of pyridine rings is 1. The Labute approximate surface area is 85.4 Å². The van der Waals surface area contributed by atoms with Gasteiger partial charge in [-0.15, -0.1) is 0 Å². The van der Waals surface area contributed by atoms with Crippen molar-refractivity contribution in [3.8, 4) is 0 Å². The first-order chi connectivity index (χ1) is 6.63. The van der Waals surface area contributed by atoms with E-state index in [9.17, 15) is 0 Å². The van der Waals surface area contributed by atoms with Crippen molar-refractivity contribution in [1.29, 1.82) is 0 Å². The number of hydrogen-bond donors (Lipinski definition) is 1. The maximum atomic E-state index is 8.98. The highest BCUT2D eigenvalue weighted by Gasteiger charge is 2.08. The Morgan fingerprint density at radius 3 is 2.79 bits per heavy atom. The molecule has 0 bridgehead atoms. The zero-order chi connectivity index (χ0) is 10.6. The summed E-state index contributed by atoms with van der Waals surface area (Å²) < 4.78 is 0. The SMILES string of the molecule is Cc1cccc(CN(C)C(C)CO)n1. The van der Waals surface area contributed by atoms with Gasteiger partial charge in [-0.3, -0.25) is 9.88 Å². The third kappa shape index (κ3) is 3.09. The van der Waals surface area contributed by atoms with Crippen molar-refractivity contribution in [3.63, 3.8) is 0 Å². The van der Waals surface area contributed by atoms with E-state index in [4.69, 9.17) is 5.11 Å². The van der Waals surface area contributed by atoms with E-state index in [1.54, 1.807) is 0 Å². The number of aryl methyl sites for hydroxylation is 1. The molecule has 14 heavy (non-hydrogen) atoms. The van der Waals surface area contributed by atoms with Gasteiger partial charge in [0.05, 0.1) is 12.3 Å². The Kier molecular flexibility index (Phi) is 4.04. The zero-order valence-electron chi connectivity index (χ0n) is 9.07. The van der Waals surface area contributed by atoms with Gasteiger partial charge < -0.3 is 5.11 Å². The minimum Gasteiger partial charge on any atom is -0.395 e. The molecule has 1 unspecified atom stereocenters. The molecule has 3 heteroatoms. The van der Waals surface area contributed by atoms with Crippen LogP contribution in [0.1, 0.15) is 18.3 Å². The van der Waals surface area contributed by atoms with Crippen LogP contribution >= 0.6 is 0 Å². The van der Waals surface area contributed by atoms with Crippen LogP contribution in [-0.2, 0) is 6.54 Å². The maximum Gasteiger partial charge on any atom is 0.0584 e. The lowest BCUT2D eigenvalue weighted by atomic mass is 10.2. The number of aliphatic hydroxyl groups is 1. The molecule has 1 rings (SSSR count). The Hall–Kier alpha value is -0.930. The second-order valence-electron chi connectivity index (χ2n) is 3.72. The predicted octanol–water partition coefficient (Wildman–Crippen LogP) is 1.20. The van der Waals surface area contributed by atoms with Crippen LogP contribution in [0, 0.1) is 6.92 Å². The van der Waals surface area contributed by atoms with Crippen LogP contribution in [0.3, 0.4) is 0 Å². The van der Waals surface area contributed by atoms with Crippen LogP contribution in [0.5, 0.6) is 0 Å². The molecule has 1 aromatic rings. The molecule has 0 spiro atoms. The highest BCUT2D eigenvalue weighted by molar-refractivity contribution is 5.09. The number of aliphatic hydroxyl groups excluding tert-OH is 1. The fourth-order valence-electron chi connectivity index (χ4n) is 1.24. The minimum absolute atomic E-state index is 0.178. The van der Waals surface area contributed by atoms with Crippen molar-refractivity contribution in [1.82, 2.24) is 9.88 Å². The first-order valence-electron chi connectivity index (χ1n) is 4.87. The average Bonchev–Trinajstić information content (AvgIpc) is 2.16. The summed E-state index contributed by atoms with van der Waals surface area (Å²) in [5, 5.41) is 8.98. The van der Waals surface area contributed by atoms with Gasteiger partial charge in [-0.1, -0.05) is 6.07 Å². The van der Waals surface area contributed by atoms with Gasteiger partial charge in [-0.25, -0.2) is 0 Å². The van der Waals surface area contributed by atoms with Crippen LogP contribution in [0.2, 0.25) is 0 Å². The first-order valence-corrected chi connectivity index (χ1v) is 4.87. The van der Waals surface area contributed by atoms with E-state index in [2.05, 4.69) is 9.88 Å². The molecule has 78 valence electrons. The molecule has 1 atom stereocenters. The summed E-state index contributed by atoms with van der Waals surface area (Å²) in [6.45, 7) is 4.94. The maximum absolute atomic E-state index is 8.98. The van der Waals surface area contributed by atoms with Crippen LogP contribution in [0.15, 0.2) is 18.2 Å². The molecule has 0 amide bonds. The standard InChI is InChI=1S/C11H18N2O/c1-9-5-4-6-11(12-9)7-13(3)10(2)8-14/h4-6,10,14H,7-8H2,1-3H3. The Balaban J connectivity index is 2.60. The summed E-state index contributed by atoms with van der Waals surface area (Å²) in [5.74, 6) is 0. The van der Waals surface area contributed by atoms with Gasteiger partial charge in [0, 0.05) is 18.3 Å². The number of rotatable bonds is 4. The zero-order valence-corrected chi connectivity index (χ0v) is 9.07. The van der Waals surface area contributed by atoms with Crippen molar-refractivity contribution in [2.75, 3.05) is 13.7 Å². The number of hydrogen-bond acceptors (Lipinski definition) is 3. The molecule has 0 saturated carbocycles. The van der Waals surface area contributed by atoms with Gasteiger partial charge in [0.1, 0.15) is 0 Å². The number of likely N-dealkylation sites (N-methyl/N-ethyl adjacent to an activating group) is 1. The Morgan fingerprint density at radius 2 is 2.21 bits per heavy atom. The van der Waals surface area contributed by atoms with Gasteiger partial charge in [-0.2, -0.15) is 0 Å². The van der Waals surface area contributed by atoms with E-state index in [0.29, 0.717) is 0 Å². The number of aromatic nitrogens is 1. The molecule has 1 aromatic heterocycles. The molecule has 0 aliphatic carbocycles. The van der Waals surface area contributed by atoms with Crippen molar-refractivity contribution >= 4 is 0 Å². The van der Waals surface area contributed by atoms with Gasteiger partial charge in [-0.05, 0) is 33.0 Å².